The van der Waals surface area contributed by atoms with E-state index < -0.39 is 11.0 Å². The Hall–Kier alpha value is -3.19. The number of nitrogens with zero attached hydrogens (tertiary/aromatic N) is 2. The average Bonchev–Trinajstić information content (AvgIpc) is 3.43. The second-order valence-corrected chi connectivity index (χ2v) is 9.75. The first-order valence-corrected chi connectivity index (χ1v) is 11.5. The summed E-state index contributed by atoms with van der Waals surface area (Å²) >= 11 is 1.62. The lowest BCUT2D eigenvalue weighted by Gasteiger charge is -2.52. The van der Waals surface area contributed by atoms with Crippen LogP contribution < -0.4 is 10.1 Å². The van der Waals surface area contributed by atoms with E-state index in [4.69, 9.17) is 10.1 Å². The van der Waals surface area contributed by atoms with E-state index >= 15 is 0 Å². The number of benzene rings is 1. The van der Waals surface area contributed by atoms with Gasteiger partial charge in [0, 0.05) is 29.9 Å². The molecule has 2 aromatic heterocycles. The fraction of sp³-hybridized carbons (Fsp3) is 0.320. The van der Waals surface area contributed by atoms with Gasteiger partial charge in [-0.25, -0.2) is 0 Å². The number of guanidine groups is 1. The van der Waals surface area contributed by atoms with Crippen molar-refractivity contribution in [3.8, 4) is 16.9 Å². The Bertz CT molecular complexity index is 1250. The highest BCUT2D eigenvalue weighted by Crippen LogP contribution is 2.55. The zero-order valence-corrected chi connectivity index (χ0v) is 19.5. The number of methoxy groups -OCH3 is 1. The van der Waals surface area contributed by atoms with Crippen molar-refractivity contribution in [2.45, 2.75) is 37.6 Å². The van der Waals surface area contributed by atoms with Gasteiger partial charge in [-0.15, -0.1) is 11.3 Å². The number of aryl methyl sites for hydroxylation is 2. The Labute approximate surface area is 191 Å². The summed E-state index contributed by atoms with van der Waals surface area (Å²) in [6.07, 6.45) is 5.17. The molecule has 6 nitrogen and oxygen atoms in total. The highest BCUT2D eigenvalue weighted by atomic mass is 32.1. The van der Waals surface area contributed by atoms with Gasteiger partial charge in [-0.2, -0.15) is 0 Å². The van der Waals surface area contributed by atoms with Crippen molar-refractivity contribution < 1.29 is 9.53 Å². The monoisotopic (exact) mass is 446 g/mol. The van der Waals surface area contributed by atoms with E-state index in [2.05, 4.69) is 34.7 Å². The normalized spacial score (nSPS) is 24.6. The molecule has 2 N–H and O–H groups in total. The first-order chi connectivity index (χ1) is 15.3. The van der Waals surface area contributed by atoms with Gasteiger partial charge in [0.05, 0.1) is 12.6 Å². The highest BCUT2D eigenvalue weighted by molar-refractivity contribution is 7.10. The molecule has 1 aliphatic carbocycles. The molecule has 1 spiro atoms. The first-order valence-electron chi connectivity index (χ1n) is 10.6. The van der Waals surface area contributed by atoms with Crippen LogP contribution in [0.25, 0.3) is 11.1 Å². The molecular formula is C25H26N4O2S. The number of pyridine rings is 1. The van der Waals surface area contributed by atoms with Crippen LogP contribution in [-0.4, -0.2) is 35.9 Å². The summed E-state index contributed by atoms with van der Waals surface area (Å²) in [6, 6.07) is 10.3. The number of fused-ring (bicyclic) bond motifs is 2. The molecule has 5 rings (SSSR count). The summed E-state index contributed by atoms with van der Waals surface area (Å²) in [5, 5.41) is 14.0. The number of amides is 1. The summed E-state index contributed by atoms with van der Waals surface area (Å²) in [7, 11) is 3.34. The maximum Gasteiger partial charge on any atom is 0.242 e. The summed E-state index contributed by atoms with van der Waals surface area (Å²) < 4.78 is 5.43. The van der Waals surface area contributed by atoms with Gasteiger partial charge in [0.15, 0.2) is 5.96 Å². The smallest absolute Gasteiger partial charge is 0.242 e. The van der Waals surface area contributed by atoms with Gasteiger partial charge in [0.25, 0.3) is 0 Å². The third-order valence-electron chi connectivity index (χ3n) is 7.07. The lowest BCUT2D eigenvalue weighted by molar-refractivity contribution is -0.138. The lowest BCUT2D eigenvalue weighted by Crippen LogP contribution is -2.71. The predicted molar refractivity (Wildman–Crippen MR) is 126 cm³/mol. The maximum absolute atomic E-state index is 13.9. The SMILES string of the molecule is COc1ccc2c(c1)CC[C@@]21C(=O)N(C)C(=N)N[C@]1(C)c1cc(-c2cncc(C)c2)cs1. The third kappa shape index (κ3) is 2.73. The molecule has 3 heterocycles. The first kappa shape index (κ1) is 20.7. The highest BCUT2D eigenvalue weighted by Gasteiger charge is 2.63. The molecule has 1 aromatic carbocycles. The molecule has 1 fully saturated rings. The van der Waals surface area contributed by atoms with Crippen LogP contribution in [0.2, 0.25) is 0 Å². The number of carbonyl (C=O) groups is 1. The van der Waals surface area contributed by atoms with Gasteiger partial charge < -0.3 is 10.1 Å². The molecular weight excluding hydrogens is 420 g/mol. The van der Waals surface area contributed by atoms with E-state index in [1.807, 2.05) is 37.5 Å². The molecule has 2 aliphatic rings. The number of likely N-dealkylation sites (N-methyl/N-ethyl adjacent to an activating group) is 1. The van der Waals surface area contributed by atoms with Crippen molar-refractivity contribution in [2.24, 2.45) is 0 Å². The minimum absolute atomic E-state index is 0.0418. The average molecular weight is 447 g/mol. The van der Waals surface area contributed by atoms with Crippen molar-refractivity contribution in [2.75, 3.05) is 14.2 Å². The molecule has 7 heteroatoms. The Balaban J connectivity index is 1.68. The van der Waals surface area contributed by atoms with Crippen LogP contribution in [0.15, 0.2) is 48.1 Å². The van der Waals surface area contributed by atoms with Crippen LogP contribution in [0.3, 0.4) is 0 Å². The predicted octanol–water partition coefficient (Wildman–Crippen LogP) is 4.22. The zero-order chi connectivity index (χ0) is 22.7. The van der Waals surface area contributed by atoms with E-state index in [0.29, 0.717) is 6.42 Å². The van der Waals surface area contributed by atoms with Gasteiger partial charge in [-0.1, -0.05) is 6.07 Å². The van der Waals surface area contributed by atoms with Gasteiger partial charge in [0.1, 0.15) is 11.2 Å². The maximum atomic E-state index is 13.9. The minimum Gasteiger partial charge on any atom is -0.497 e. The molecule has 1 amide bonds. The van der Waals surface area contributed by atoms with Gasteiger partial charge >= 0.3 is 0 Å². The molecule has 2 atom stereocenters. The van der Waals surface area contributed by atoms with E-state index in [0.717, 1.165) is 44.9 Å². The fourth-order valence-corrected chi connectivity index (χ4v) is 6.40. The van der Waals surface area contributed by atoms with Gasteiger partial charge in [-0.3, -0.25) is 20.1 Å². The number of thiophene rings is 1. The van der Waals surface area contributed by atoms with Crippen molar-refractivity contribution in [3.63, 3.8) is 0 Å². The molecule has 0 saturated carbocycles. The van der Waals surface area contributed by atoms with Crippen molar-refractivity contribution in [1.29, 1.82) is 5.41 Å². The Kier molecular flexibility index (Phi) is 4.64. The van der Waals surface area contributed by atoms with Crippen LogP contribution in [0.1, 0.15) is 34.9 Å². The molecule has 0 bridgehead atoms. The molecule has 0 unspecified atom stereocenters. The summed E-state index contributed by atoms with van der Waals surface area (Å²) in [6.45, 7) is 4.10. The Morgan fingerprint density at radius 2 is 2.03 bits per heavy atom. The topological polar surface area (TPSA) is 78.3 Å². The van der Waals surface area contributed by atoms with Gasteiger partial charge in [-0.05, 0) is 78.6 Å². The zero-order valence-electron chi connectivity index (χ0n) is 18.7. The van der Waals surface area contributed by atoms with E-state index in [-0.39, 0.29) is 11.9 Å². The van der Waals surface area contributed by atoms with Crippen molar-refractivity contribution in [1.82, 2.24) is 15.2 Å². The van der Waals surface area contributed by atoms with Crippen molar-refractivity contribution in [3.05, 3.63) is 69.7 Å². The molecule has 164 valence electrons. The Morgan fingerprint density at radius 3 is 2.78 bits per heavy atom. The largest absolute Gasteiger partial charge is 0.497 e. The second-order valence-electron chi connectivity index (χ2n) is 8.84. The number of carbonyl (C=O) groups excluding carboxylic acids is 1. The van der Waals surface area contributed by atoms with Crippen LogP contribution in [0, 0.1) is 12.3 Å². The number of aromatic nitrogens is 1. The molecule has 32 heavy (non-hydrogen) atoms. The summed E-state index contributed by atoms with van der Waals surface area (Å²) in [5.41, 5.74) is 3.82. The van der Waals surface area contributed by atoms with Crippen LogP contribution in [0.4, 0.5) is 0 Å². The quantitative estimate of drug-likeness (QED) is 0.631. The van der Waals surface area contributed by atoms with E-state index in [1.54, 1.807) is 25.5 Å². The minimum atomic E-state index is -0.805. The summed E-state index contributed by atoms with van der Waals surface area (Å²) in [5.74, 6) is 0.877. The third-order valence-corrected chi connectivity index (χ3v) is 8.22. The number of hydrogen-bond acceptors (Lipinski definition) is 5. The fourth-order valence-electron chi connectivity index (χ4n) is 5.28. The Morgan fingerprint density at radius 1 is 1.22 bits per heavy atom. The lowest BCUT2D eigenvalue weighted by atomic mass is 9.63. The number of rotatable bonds is 3. The van der Waals surface area contributed by atoms with Crippen LogP contribution >= 0.6 is 11.3 Å². The van der Waals surface area contributed by atoms with Gasteiger partial charge in [0.2, 0.25) is 5.91 Å². The molecule has 1 aliphatic heterocycles. The van der Waals surface area contributed by atoms with Crippen LogP contribution in [-0.2, 0) is 22.2 Å². The van der Waals surface area contributed by atoms with Crippen molar-refractivity contribution >= 4 is 23.2 Å². The molecule has 1 saturated heterocycles. The van der Waals surface area contributed by atoms with Crippen LogP contribution in [0.5, 0.6) is 5.75 Å². The molecule has 3 aromatic rings. The number of ether oxygens (including phenoxy) is 1. The number of nitrogens with one attached hydrogen (secondary N) is 2. The standard InChI is InChI=1S/C25H26N4O2S/c1-15-9-17(13-27-12-15)18-11-21(32-14-18)24(2)25(22(30)29(3)23(26)28-24)8-7-16-10-19(31-4)5-6-20(16)25/h5-6,9-14H,7-8H2,1-4H3,(H2,26,28)/t24-,25+/m1/s1. The summed E-state index contributed by atoms with van der Waals surface area (Å²) in [4.78, 5) is 20.7. The second kappa shape index (κ2) is 7.17. The number of hydrogen-bond donors (Lipinski definition) is 2. The van der Waals surface area contributed by atoms with E-state index in [9.17, 15) is 4.79 Å². The van der Waals surface area contributed by atoms with E-state index in [1.165, 1.54) is 4.90 Å². The molecule has 0 radical (unpaired) electrons.